The summed E-state index contributed by atoms with van der Waals surface area (Å²) in [6.07, 6.45) is 0. The Kier molecular flexibility index (Phi) is 3.90. The maximum Gasteiger partial charge on any atom is 0.252 e. The van der Waals surface area contributed by atoms with Crippen LogP contribution in [0.4, 0.5) is 11.4 Å². The van der Waals surface area contributed by atoms with Crippen molar-refractivity contribution in [3.8, 4) is 0 Å². The van der Waals surface area contributed by atoms with Crippen molar-refractivity contribution in [2.24, 2.45) is 0 Å². The third kappa shape index (κ3) is 3.03. The Morgan fingerprint density at radius 1 is 1.00 bits per heavy atom. The predicted molar refractivity (Wildman–Crippen MR) is 100 cm³/mol. The molecule has 1 amide bonds. The summed E-state index contributed by atoms with van der Waals surface area (Å²) in [5, 5.41) is 3.34. The fourth-order valence-electron chi connectivity index (χ4n) is 3.10. The SMILES string of the molecule is CC1(C)Nc2ccccc2N(Cc2ccc(C(C)(C)C)cc2)C1=O. The van der Waals surface area contributed by atoms with Gasteiger partial charge in [-0.1, -0.05) is 57.2 Å². The van der Waals surface area contributed by atoms with Gasteiger partial charge in [0.25, 0.3) is 5.91 Å². The highest BCUT2D eigenvalue weighted by Gasteiger charge is 2.38. The summed E-state index contributed by atoms with van der Waals surface area (Å²) in [6, 6.07) is 16.6. The molecule has 0 atom stereocenters. The molecular weight excluding hydrogens is 296 g/mol. The summed E-state index contributed by atoms with van der Waals surface area (Å²) in [6.45, 7) is 11.1. The van der Waals surface area contributed by atoms with E-state index in [1.807, 2.05) is 43.0 Å². The number of nitrogens with zero attached hydrogens (tertiary/aromatic N) is 1. The normalized spacial score (nSPS) is 16.5. The lowest BCUT2D eigenvalue weighted by Gasteiger charge is -2.40. The van der Waals surface area contributed by atoms with Crippen molar-refractivity contribution in [2.45, 2.75) is 52.1 Å². The molecule has 0 saturated heterocycles. The summed E-state index contributed by atoms with van der Waals surface area (Å²) >= 11 is 0. The van der Waals surface area contributed by atoms with Gasteiger partial charge in [-0.25, -0.2) is 0 Å². The Morgan fingerprint density at radius 2 is 1.62 bits per heavy atom. The Bertz CT molecular complexity index is 754. The van der Waals surface area contributed by atoms with Crippen molar-refractivity contribution in [3.05, 3.63) is 59.7 Å². The van der Waals surface area contributed by atoms with Crippen LogP contribution in [0.2, 0.25) is 0 Å². The highest BCUT2D eigenvalue weighted by Crippen LogP contribution is 2.36. The number of benzene rings is 2. The molecule has 0 fully saturated rings. The molecule has 2 aromatic rings. The third-order valence-electron chi connectivity index (χ3n) is 4.58. The topological polar surface area (TPSA) is 32.3 Å². The summed E-state index contributed by atoms with van der Waals surface area (Å²) in [4.78, 5) is 14.8. The van der Waals surface area contributed by atoms with Crippen molar-refractivity contribution in [1.82, 2.24) is 0 Å². The number of nitrogens with one attached hydrogen (secondary N) is 1. The average molecular weight is 322 g/mol. The zero-order valence-corrected chi connectivity index (χ0v) is 15.2. The number of hydrogen-bond acceptors (Lipinski definition) is 2. The summed E-state index contributed by atoms with van der Waals surface area (Å²) < 4.78 is 0. The number of rotatable bonds is 2. The molecule has 1 aliphatic heterocycles. The standard InChI is InChI=1S/C21H26N2O/c1-20(2,3)16-12-10-15(11-13-16)14-23-18-9-7-6-8-17(18)22-21(4,5)19(23)24/h6-13,22H,14H2,1-5H3. The molecule has 126 valence electrons. The lowest BCUT2D eigenvalue weighted by Crippen LogP contribution is -2.53. The molecule has 1 heterocycles. The van der Waals surface area contributed by atoms with E-state index in [0.29, 0.717) is 6.54 Å². The van der Waals surface area contributed by atoms with Gasteiger partial charge in [0.05, 0.1) is 17.9 Å². The van der Waals surface area contributed by atoms with E-state index >= 15 is 0 Å². The lowest BCUT2D eigenvalue weighted by molar-refractivity contribution is -0.122. The quantitative estimate of drug-likeness (QED) is 0.867. The number of anilines is 2. The van der Waals surface area contributed by atoms with Gasteiger partial charge in [0.15, 0.2) is 0 Å². The highest BCUT2D eigenvalue weighted by molar-refractivity contribution is 6.07. The van der Waals surface area contributed by atoms with Crippen LogP contribution < -0.4 is 10.2 Å². The van der Waals surface area contributed by atoms with E-state index in [1.54, 1.807) is 0 Å². The minimum Gasteiger partial charge on any atom is -0.370 e. The van der Waals surface area contributed by atoms with Gasteiger partial charge in [0, 0.05) is 0 Å². The maximum atomic E-state index is 12.9. The fourth-order valence-corrected chi connectivity index (χ4v) is 3.10. The average Bonchev–Trinajstić information content (AvgIpc) is 2.51. The highest BCUT2D eigenvalue weighted by atomic mass is 16.2. The summed E-state index contributed by atoms with van der Waals surface area (Å²) in [5.41, 5.74) is 3.94. The largest absolute Gasteiger partial charge is 0.370 e. The van der Waals surface area contributed by atoms with Crippen LogP contribution in [0.5, 0.6) is 0 Å². The zero-order chi connectivity index (χ0) is 17.5. The fraction of sp³-hybridized carbons (Fsp3) is 0.381. The van der Waals surface area contributed by atoms with Crippen LogP contribution in [0.3, 0.4) is 0 Å². The van der Waals surface area contributed by atoms with Gasteiger partial charge in [-0.2, -0.15) is 0 Å². The second kappa shape index (κ2) is 5.66. The van der Waals surface area contributed by atoms with Crippen molar-refractivity contribution in [2.75, 3.05) is 10.2 Å². The van der Waals surface area contributed by atoms with Gasteiger partial charge in [-0.15, -0.1) is 0 Å². The van der Waals surface area contributed by atoms with E-state index in [2.05, 4.69) is 50.4 Å². The minimum absolute atomic E-state index is 0.0982. The van der Waals surface area contributed by atoms with Gasteiger partial charge in [0.2, 0.25) is 0 Å². The van der Waals surface area contributed by atoms with Gasteiger partial charge in [-0.05, 0) is 42.5 Å². The number of carbonyl (C=O) groups is 1. The van der Waals surface area contributed by atoms with Crippen LogP contribution in [0.1, 0.15) is 45.7 Å². The first kappa shape index (κ1) is 16.6. The van der Waals surface area contributed by atoms with Crippen LogP contribution in [-0.2, 0) is 16.8 Å². The Morgan fingerprint density at radius 3 is 2.25 bits per heavy atom. The monoisotopic (exact) mass is 322 g/mol. The zero-order valence-electron chi connectivity index (χ0n) is 15.2. The molecule has 0 aliphatic carbocycles. The molecule has 0 bridgehead atoms. The molecule has 1 aliphatic rings. The van der Waals surface area contributed by atoms with E-state index < -0.39 is 5.54 Å². The number of hydrogen-bond donors (Lipinski definition) is 1. The minimum atomic E-state index is -0.598. The van der Waals surface area contributed by atoms with Gasteiger partial charge in [0.1, 0.15) is 5.54 Å². The van der Waals surface area contributed by atoms with Crippen LogP contribution in [0.15, 0.2) is 48.5 Å². The van der Waals surface area contributed by atoms with E-state index in [1.165, 1.54) is 5.56 Å². The van der Waals surface area contributed by atoms with Crippen LogP contribution in [0, 0.1) is 0 Å². The van der Waals surface area contributed by atoms with Gasteiger partial charge < -0.3 is 10.2 Å². The van der Waals surface area contributed by atoms with Crippen LogP contribution in [0.25, 0.3) is 0 Å². The smallest absolute Gasteiger partial charge is 0.252 e. The molecule has 2 aromatic carbocycles. The first-order valence-electron chi connectivity index (χ1n) is 8.47. The second-order valence-corrected chi connectivity index (χ2v) is 8.11. The Hall–Kier alpha value is -2.29. The first-order chi connectivity index (χ1) is 11.2. The molecule has 0 saturated carbocycles. The lowest BCUT2D eigenvalue weighted by atomic mass is 9.86. The number of fused-ring (bicyclic) bond motifs is 1. The summed E-state index contributed by atoms with van der Waals surface area (Å²) in [7, 11) is 0. The predicted octanol–water partition coefficient (Wildman–Crippen LogP) is 4.72. The molecular formula is C21H26N2O. The Balaban J connectivity index is 1.92. The van der Waals surface area contributed by atoms with Gasteiger partial charge >= 0.3 is 0 Å². The molecule has 0 unspecified atom stereocenters. The molecule has 0 radical (unpaired) electrons. The second-order valence-electron chi connectivity index (χ2n) is 8.11. The number of amides is 1. The number of para-hydroxylation sites is 2. The van der Waals surface area contributed by atoms with E-state index in [-0.39, 0.29) is 11.3 Å². The molecule has 3 rings (SSSR count). The molecule has 3 nitrogen and oxygen atoms in total. The van der Waals surface area contributed by atoms with E-state index in [0.717, 1.165) is 16.9 Å². The van der Waals surface area contributed by atoms with Crippen molar-refractivity contribution >= 4 is 17.3 Å². The van der Waals surface area contributed by atoms with Crippen molar-refractivity contribution in [3.63, 3.8) is 0 Å². The molecule has 1 N–H and O–H groups in total. The molecule has 0 aromatic heterocycles. The van der Waals surface area contributed by atoms with Crippen LogP contribution >= 0.6 is 0 Å². The Labute approximate surface area is 144 Å². The van der Waals surface area contributed by atoms with E-state index in [9.17, 15) is 4.79 Å². The molecule has 24 heavy (non-hydrogen) atoms. The van der Waals surface area contributed by atoms with Gasteiger partial charge in [-0.3, -0.25) is 4.79 Å². The third-order valence-corrected chi connectivity index (χ3v) is 4.58. The molecule has 3 heteroatoms. The maximum absolute atomic E-state index is 12.9. The van der Waals surface area contributed by atoms with E-state index in [4.69, 9.17) is 0 Å². The molecule has 0 spiro atoms. The van der Waals surface area contributed by atoms with Crippen LogP contribution in [-0.4, -0.2) is 11.4 Å². The first-order valence-corrected chi connectivity index (χ1v) is 8.47. The van der Waals surface area contributed by atoms with Crippen molar-refractivity contribution < 1.29 is 4.79 Å². The summed E-state index contributed by atoms with van der Waals surface area (Å²) in [5.74, 6) is 0.0982. The van der Waals surface area contributed by atoms with Crippen molar-refractivity contribution in [1.29, 1.82) is 0 Å². The number of carbonyl (C=O) groups excluding carboxylic acids is 1.